The van der Waals surface area contributed by atoms with Crippen LogP contribution in [-0.2, 0) is 39.0 Å². The van der Waals surface area contributed by atoms with Crippen LogP contribution in [0.3, 0.4) is 0 Å². The summed E-state index contributed by atoms with van der Waals surface area (Å²) in [6.45, 7) is 7.60. The third-order valence-electron chi connectivity index (χ3n) is 3.81. The topological polar surface area (TPSA) is 97.4 Å². The molecule has 1 aromatic carbocycles. The Morgan fingerprint density at radius 3 is 2.11 bits per heavy atom. The molecular formula is C18H24O8Si. The van der Waals surface area contributed by atoms with Gasteiger partial charge in [0.1, 0.15) is 5.75 Å². The summed E-state index contributed by atoms with van der Waals surface area (Å²) < 4.78 is 27.5. The van der Waals surface area contributed by atoms with E-state index in [4.69, 9.17) is 22.8 Å². The molecule has 0 amide bonds. The van der Waals surface area contributed by atoms with E-state index < -0.39 is 32.5 Å². The second-order valence-corrected chi connectivity index (χ2v) is 8.74. The first kappa shape index (κ1) is 20.9. The maximum atomic E-state index is 11.6. The zero-order valence-electron chi connectivity index (χ0n) is 16.1. The monoisotopic (exact) mass is 396 g/mol. The van der Waals surface area contributed by atoms with Gasteiger partial charge in [0.05, 0.1) is 11.8 Å². The molecule has 0 saturated heterocycles. The first-order valence-electron chi connectivity index (χ1n) is 8.64. The molecule has 0 saturated carbocycles. The first-order valence-corrected chi connectivity index (χ1v) is 10.4. The smallest absolute Gasteiger partial charge is 0.462 e. The van der Waals surface area contributed by atoms with Crippen LogP contribution in [0.2, 0.25) is 0 Å². The van der Waals surface area contributed by atoms with Crippen molar-refractivity contribution in [3.05, 3.63) is 23.8 Å². The highest BCUT2D eigenvalue weighted by molar-refractivity contribution is 6.79. The Bertz CT molecular complexity index is 706. The quantitative estimate of drug-likeness (QED) is 0.673. The molecule has 1 aromatic rings. The van der Waals surface area contributed by atoms with E-state index in [2.05, 4.69) is 0 Å². The van der Waals surface area contributed by atoms with Crippen LogP contribution in [0.15, 0.2) is 18.2 Å². The van der Waals surface area contributed by atoms with Gasteiger partial charge in [-0.15, -0.1) is 0 Å². The van der Waals surface area contributed by atoms with Gasteiger partial charge in [-0.2, -0.15) is 0 Å². The number of carbonyl (C=O) groups is 3. The number of ether oxygens (including phenoxy) is 2. The van der Waals surface area contributed by atoms with Crippen LogP contribution in [0.5, 0.6) is 5.75 Å². The van der Waals surface area contributed by atoms with E-state index in [1.165, 1.54) is 0 Å². The normalized spacial score (nSPS) is 18.7. The summed E-state index contributed by atoms with van der Waals surface area (Å²) >= 11 is 0. The molecular weight excluding hydrogens is 372 g/mol. The molecule has 0 spiro atoms. The number of benzene rings is 1. The Labute approximate surface area is 159 Å². The largest absolute Gasteiger partial charge is 0.742 e. The minimum absolute atomic E-state index is 0.254. The van der Waals surface area contributed by atoms with Crippen molar-refractivity contribution >= 4 is 31.9 Å². The summed E-state index contributed by atoms with van der Waals surface area (Å²) in [6, 6.07) is 4.85. The molecule has 0 aliphatic carbocycles. The molecule has 0 fully saturated rings. The number of rotatable bonds is 6. The molecule has 0 N–H and O–H groups in total. The third-order valence-corrected chi connectivity index (χ3v) is 6.50. The molecule has 9 heteroatoms. The van der Waals surface area contributed by atoms with E-state index >= 15 is 0 Å². The summed E-state index contributed by atoms with van der Waals surface area (Å²) in [4.78, 5) is 34.9. The minimum atomic E-state index is -4.13. The van der Waals surface area contributed by atoms with Crippen LogP contribution in [0.1, 0.15) is 53.0 Å². The van der Waals surface area contributed by atoms with Crippen molar-refractivity contribution in [3.63, 3.8) is 0 Å². The van der Waals surface area contributed by atoms with Crippen LogP contribution in [-0.4, -0.2) is 32.5 Å². The number of hydrogen-bond acceptors (Lipinski definition) is 8. The van der Waals surface area contributed by atoms with Crippen molar-refractivity contribution < 1.29 is 37.1 Å². The lowest BCUT2D eigenvalue weighted by Gasteiger charge is -2.36. The Morgan fingerprint density at radius 1 is 1.07 bits per heavy atom. The molecule has 2 rings (SSSR count). The average Bonchev–Trinajstić information content (AvgIpc) is 2.52. The lowest BCUT2D eigenvalue weighted by molar-refractivity contribution is -0.197. The fourth-order valence-electron chi connectivity index (χ4n) is 2.86. The van der Waals surface area contributed by atoms with Crippen molar-refractivity contribution in [2.24, 2.45) is 0 Å². The molecule has 1 unspecified atom stereocenters. The average molecular weight is 396 g/mol. The van der Waals surface area contributed by atoms with Crippen molar-refractivity contribution in [1.29, 1.82) is 0 Å². The number of fused-ring (bicyclic) bond motifs is 1. The highest BCUT2D eigenvalue weighted by Crippen LogP contribution is 2.33. The van der Waals surface area contributed by atoms with Crippen molar-refractivity contribution in [2.75, 3.05) is 0 Å². The molecule has 1 heterocycles. The highest BCUT2D eigenvalue weighted by atomic mass is 28.4. The highest BCUT2D eigenvalue weighted by Gasteiger charge is 2.55. The van der Waals surface area contributed by atoms with E-state index in [-0.39, 0.29) is 11.8 Å². The minimum Gasteiger partial charge on any atom is -0.462 e. The SMILES string of the molecule is CCCC1(C)OCc2cc([Si](OC(C)=O)(OC(C)=O)OC(C)=O)ccc2O1. The van der Waals surface area contributed by atoms with Gasteiger partial charge >= 0.3 is 8.80 Å². The molecule has 8 nitrogen and oxygen atoms in total. The summed E-state index contributed by atoms with van der Waals surface area (Å²) in [5, 5.41) is 0.285. The predicted molar refractivity (Wildman–Crippen MR) is 95.9 cm³/mol. The van der Waals surface area contributed by atoms with Gasteiger partial charge in [-0.1, -0.05) is 6.92 Å². The molecule has 1 aliphatic rings. The molecule has 0 bridgehead atoms. The summed E-state index contributed by atoms with van der Waals surface area (Å²) in [7, 11) is -4.13. The van der Waals surface area contributed by atoms with Gasteiger partial charge in [-0.05, 0) is 24.6 Å². The van der Waals surface area contributed by atoms with Crippen LogP contribution >= 0.6 is 0 Å². The summed E-state index contributed by atoms with van der Waals surface area (Å²) in [5.74, 6) is -2.31. The molecule has 0 aromatic heterocycles. The standard InChI is InChI=1S/C18H24O8Si/c1-6-9-18(5)22-11-15-10-16(7-8-17(15)23-18)27(24-12(2)19,25-13(3)20)26-14(4)21/h7-8,10H,6,9,11H2,1-5H3. The van der Waals surface area contributed by atoms with E-state index in [0.29, 0.717) is 11.3 Å². The Hall–Kier alpha value is -2.39. The second-order valence-electron chi connectivity index (χ2n) is 6.43. The fourth-order valence-corrected chi connectivity index (χ4v) is 5.11. The Morgan fingerprint density at radius 2 is 1.63 bits per heavy atom. The first-order chi connectivity index (χ1) is 12.6. The maximum absolute atomic E-state index is 11.6. The maximum Gasteiger partial charge on any atom is 0.742 e. The van der Waals surface area contributed by atoms with Crippen LogP contribution < -0.4 is 9.92 Å². The van der Waals surface area contributed by atoms with Gasteiger partial charge in [0, 0.05) is 39.7 Å². The second kappa shape index (κ2) is 8.09. The van der Waals surface area contributed by atoms with E-state index in [1.807, 2.05) is 13.8 Å². The van der Waals surface area contributed by atoms with Gasteiger partial charge in [0.15, 0.2) is 0 Å². The zero-order chi connectivity index (χ0) is 20.2. The van der Waals surface area contributed by atoms with Crippen LogP contribution in [0.25, 0.3) is 0 Å². The van der Waals surface area contributed by atoms with E-state index in [9.17, 15) is 14.4 Å². The number of carbonyl (C=O) groups excluding carboxylic acids is 3. The Balaban J connectivity index is 2.46. The van der Waals surface area contributed by atoms with Gasteiger partial charge in [-0.25, -0.2) is 0 Å². The molecule has 148 valence electrons. The molecule has 0 radical (unpaired) electrons. The van der Waals surface area contributed by atoms with Crippen molar-refractivity contribution in [2.45, 2.75) is 59.9 Å². The van der Waals surface area contributed by atoms with Crippen molar-refractivity contribution in [3.8, 4) is 5.75 Å². The number of hydrogen-bond donors (Lipinski definition) is 0. The lowest BCUT2D eigenvalue weighted by atomic mass is 10.1. The van der Waals surface area contributed by atoms with Crippen LogP contribution in [0, 0.1) is 0 Å². The summed E-state index contributed by atoms with van der Waals surface area (Å²) in [6.07, 6.45) is 1.62. The van der Waals surface area contributed by atoms with E-state index in [0.717, 1.165) is 33.6 Å². The third kappa shape index (κ3) is 5.07. The van der Waals surface area contributed by atoms with Crippen molar-refractivity contribution in [1.82, 2.24) is 0 Å². The van der Waals surface area contributed by atoms with Gasteiger partial charge in [-0.3, -0.25) is 14.4 Å². The molecule has 27 heavy (non-hydrogen) atoms. The lowest BCUT2D eigenvalue weighted by Crippen LogP contribution is -2.59. The predicted octanol–water partition coefficient (Wildman–Crippen LogP) is 1.95. The van der Waals surface area contributed by atoms with Crippen LogP contribution in [0.4, 0.5) is 0 Å². The Kier molecular flexibility index (Phi) is 6.27. The van der Waals surface area contributed by atoms with Gasteiger partial charge in [0.2, 0.25) is 5.79 Å². The van der Waals surface area contributed by atoms with E-state index in [1.54, 1.807) is 18.2 Å². The van der Waals surface area contributed by atoms with Gasteiger partial charge in [0.25, 0.3) is 17.9 Å². The van der Waals surface area contributed by atoms with Gasteiger partial charge < -0.3 is 22.8 Å². The fraction of sp³-hybridized carbons (Fsp3) is 0.500. The zero-order valence-corrected chi connectivity index (χ0v) is 17.1. The molecule has 1 aliphatic heterocycles. The molecule has 1 atom stereocenters. The summed E-state index contributed by atoms with van der Waals surface area (Å²) in [5.41, 5.74) is 0.671.